The highest BCUT2D eigenvalue weighted by Crippen LogP contribution is 2.68. The molecule has 2 nitrogen and oxygen atoms in total. The average molecular weight is 377 g/mol. The molecule has 0 aromatic carbocycles. The highest BCUT2D eigenvalue weighted by Gasteiger charge is 2.60. The summed E-state index contributed by atoms with van der Waals surface area (Å²) in [6.07, 6.45) is 16.4. The van der Waals surface area contributed by atoms with E-state index in [9.17, 15) is 4.79 Å². The van der Waals surface area contributed by atoms with Gasteiger partial charge in [0.1, 0.15) is 0 Å². The minimum absolute atomic E-state index is 0. The number of carbonyl (C=O) groups excluding carboxylic acids is 1. The van der Waals surface area contributed by atoms with Crippen LogP contribution in [-0.4, -0.2) is 13.1 Å². The third-order valence-electron chi connectivity index (χ3n) is 10.4. The standard InChI is InChI=1S/C25H42O2.H2/c1-17(8-13-23(26)27-4)20-11-12-21-19-10-9-18-7-5-6-15-24(18,2)22(19)14-16-25(20,21)3;/h17-22H,5-16H2,1-4H3;1H/t17-,18?,19?,20?,21?,22?,24?,25?;/m1./s1. The Hall–Kier alpha value is -0.530. The summed E-state index contributed by atoms with van der Waals surface area (Å²) < 4.78 is 4.89. The van der Waals surface area contributed by atoms with E-state index in [-0.39, 0.29) is 7.40 Å². The van der Waals surface area contributed by atoms with Crippen LogP contribution in [-0.2, 0) is 9.53 Å². The Morgan fingerprint density at radius 2 is 1.78 bits per heavy atom. The van der Waals surface area contributed by atoms with Gasteiger partial charge in [-0.25, -0.2) is 0 Å². The largest absolute Gasteiger partial charge is 0.469 e. The van der Waals surface area contributed by atoms with Gasteiger partial charge in [-0.2, -0.15) is 0 Å². The summed E-state index contributed by atoms with van der Waals surface area (Å²) >= 11 is 0. The van der Waals surface area contributed by atoms with Crippen LogP contribution in [0.3, 0.4) is 0 Å². The first-order chi connectivity index (χ1) is 12.9. The number of esters is 1. The van der Waals surface area contributed by atoms with Crippen LogP contribution in [0.15, 0.2) is 0 Å². The SMILES string of the molecule is COC(=O)CC[C@@H](C)C1CCC2C3CCC4CCCCC4(C)C3CCC21C.[HH]. The van der Waals surface area contributed by atoms with Crippen LogP contribution in [0.2, 0.25) is 0 Å². The average Bonchev–Trinajstić information content (AvgIpc) is 3.02. The van der Waals surface area contributed by atoms with E-state index in [1.54, 1.807) is 0 Å². The highest BCUT2D eigenvalue weighted by molar-refractivity contribution is 5.69. The van der Waals surface area contributed by atoms with E-state index < -0.39 is 0 Å². The second kappa shape index (κ2) is 7.38. The van der Waals surface area contributed by atoms with Crippen LogP contribution in [0.4, 0.5) is 0 Å². The number of fused-ring (bicyclic) bond motifs is 5. The van der Waals surface area contributed by atoms with Crippen molar-refractivity contribution in [2.45, 2.75) is 97.8 Å². The van der Waals surface area contributed by atoms with Crippen molar-refractivity contribution >= 4 is 5.97 Å². The zero-order valence-corrected chi connectivity index (χ0v) is 18.3. The highest BCUT2D eigenvalue weighted by atomic mass is 16.5. The predicted octanol–water partition coefficient (Wildman–Crippen LogP) is 6.87. The molecule has 0 spiro atoms. The van der Waals surface area contributed by atoms with Crippen molar-refractivity contribution in [1.82, 2.24) is 0 Å². The van der Waals surface area contributed by atoms with E-state index in [4.69, 9.17) is 4.74 Å². The smallest absolute Gasteiger partial charge is 0.305 e. The molecule has 4 aliphatic rings. The van der Waals surface area contributed by atoms with Gasteiger partial charge in [0.05, 0.1) is 7.11 Å². The van der Waals surface area contributed by atoms with Crippen LogP contribution in [0.5, 0.6) is 0 Å². The molecule has 0 aromatic rings. The molecule has 0 N–H and O–H groups in total. The predicted molar refractivity (Wildman–Crippen MR) is 112 cm³/mol. The van der Waals surface area contributed by atoms with E-state index >= 15 is 0 Å². The number of hydrogen-bond donors (Lipinski definition) is 0. The molecule has 0 aliphatic heterocycles. The summed E-state index contributed by atoms with van der Waals surface area (Å²) in [5, 5.41) is 0. The lowest BCUT2D eigenvalue weighted by atomic mass is 9.44. The summed E-state index contributed by atoms with van der Waals surface area (Å²) in [7, 11) is 1.52. The van der Waals surface area contributed by atoms with Crippen molar-refractivity contribution in [2.75, 3.05) is 7.11 Å². The normalized spacial score (nSPS) is 47.5. The van der Waals surface area contributed by atoms with Crippen molar-refractivity contribution in [2.24, 2.45) is 46.3 Å². The van der Waals surface area contributed by atoms with Crippen molar-refractivity contribution in [1.29, 1.82) is 0 Å². The van der Waals surface area contributed by atoms with Gasteiger partial charge < -0.3 is 4.74 Å². The molecule has 156 valence electrons. The zero-order valence-electron chi connectivity index (χ0n) is 18.3. The summed E-state index contributed by atoms with van der Waals surface area (Å²) in [6.45, 7) is 7.73. The van der Waals surface area contributed by atoms with Gasteiger partial charge in [0, 0.05) is 7.85 Å². The molecule has 4 fully saturated rings. The third kappa shape index (κ3) is 3.18. The summed E-state index contributed by atoms with van der Waals surface area (Å²) in [5.41, 5.74) is 1.17. The summed E-state index contributed by atoms with van der Waals surface area (Å²) in [4.78, 5) is 11.6. The van der Waals surface area contributed by atoms with Gasteiger partial charge in [0.2, 0.25) is 0 Å². The molecular weight excluding hydrogens is 332 g/mol. The maximum Gasteiger partial charge on any atom is 0.305 e. The van der Waals surface area contributed by atoms with Gasteiger partial charge in [0.25, 0.3) is 0 Å². The zero-order chi connectivity index (χ0) is 19.2. The summed E-state index contributed by atoms with van der Waals surface area (Å²) in [5.74, 6) is 5.38. The lowest BCUT2D eigenvalue weighted by molar-refractivity contribution is -0.141. The fourth-order valence-corrected chi connectivity index (χ4v) is 8.92. The Morgan fingerprint density at radius 1 is 1.00 bits per heavy atom. The number of carbonyl (C=O) groups is 1. The van der Waals surface area contributed by atoms with Gasteiger partial charge >= 0.3 is 5.97 Å². The number of hydrogen-bond acceptors (Lipinski definition) is 2. The van der Waals surface area contributed by atoms with E-state index in [1.807, 2.05) is 0 Å². The van der Waals surface area contributed by atoms with Crippen LogP contribution in [0, 0.1) is 46.3 Å². The monoisotopic (exact) mass is 376 g/mol. The first-order valence-corrected chi connectivity index (χ1v) is 12.0. The molecule has 4 aliphatic carbocycles. The molecule has 0 aromatic heterocycles. The van der Waals surface area contributed by atoms with Crippen LogP contribution >= 0.6 is 0 Å². The van der Waals surface area contributed by atoms with Gasteiger partial charge in [-0.15, -0.1) is 0 Å². The van der Waals surface area contributed by atoms with E-state index in [0.717, 1.165) is 36.0 Å². The maximum absolute atomic E-state index is 11.6. The molecule has 27 heavy (non-hydrogen) atoms. The molecule has 4 rings (SSSR count). The van der Waals surface area contributed by atoms with Gasteiger partial charge in [-0.1, -0.05) is 33.6 Å². The fraction of sp³-hybridized carbons (Fsp3) is 0.960. The quantitative estimate of drug-likeness (QED) is 0.500. The molecule has 0 bridgehead atoms. The molecule has 0 heterocycles. The number of ether oxygens (including phenoxy) is 1. The first-order valence-electron chi connectivity index (χ1n) is 12.0. The Bertz CT molecular complexity index is 563. The topological polar surface area (TPSA) is 26.3 Å². The fourth-order valence-electron chi connectivity index (χ4n) is 8.92. The van der Waals surface area contributed by atoms with Crippen molar-refractivity contribution in [3.05, 3.63) is 0 Å². The first kappa shape index (κ1) is 19.8. The molecule has 4 saturated carbocycles. The molecule has 7 unspecified atom stereocenters. The number of rotatable bonds is 4. The van der Waals surface area contributed by atoms with E-state index in [0.29, 0.717) is 23.2 Å². The van der Waals surface area contributed by atoms with Gasteiger partial charge in [0.15, 0.2) is 0 Å². The molecule has 0 amide bonds. The third-order valence-corrected chi connectivity index (χ3v) is 10.4. The Balaban J connectivity index is 0.00000225. The Morgan fingerprint density at radius 3 is 2.56 bits per heavy atom. The maximum atomic E-state index is 11.6. The molecule has 0 saturated heterocycles. The minimum Gasteiger partial charge on any atom is -0.469 e. The molecule has 2 heteroatoms. The second-order valence-corrected chi connectivity index (χ2v) is 11.2. The number of methoxy groups -OCH3 is 1. The lowest BCUT2D eigenvalue weighted by Crippen LogP contribution is -2.53. The van der Waals surface area contributed by atoms with Crippen LogP contribution in [0.1, 0.15) is 99.2 Å². The van der Waals surface area contributed by atoms with Gasteiger partial charge in [-0.05, 0) is 104 Å². The van der Waals surface area contributed by atoms with Crippen LogP contribution < -0.4 is 0 Å². The van der Waals surface area contributed by atoms with Crippen molar-refractivity contribution in [3.8, 4) is 0 Å². The van der Waals surface area contributed by atoms with Gasteiger partial charge in [-0.3, -0.25) is 4.79 Å². The van der Waals surface area contributed by atoms with E-state index in [1.165, 1.54) is 71.3 Å². The van der Waals surface area contributed by atoms with Crippen molar-refractivity contribution in [3.63, 3.8) is 0 Å². The molecule has 0 radical (unpaired) electrons. The Labute approximate surface area is 168 Å². The Kier molecular flexibility index (Phi) is 5.40. The van der Waals surface area contributed by atoms with Crippen molar-refractivity contribution < 1.29 is 11.0 Å². The van der Waals surface area contributed by atoms with E-state index in [2.05, 4.69) is 20.8 Å². The molecule has 8 atom stereocenters. The second-order valence-electron chi connectivity index (χ2n) is 11.2. The lowest BCUT2D eigenvalue weighted by Gasteiger charge is -2.61. The molecular formula is C25H44O2. The minimum atomic E-state index is -0.0335. The summed E-state index contributed by atoms with van der Waals surface area (Å²) in [6, 6.07) is 0. The van der Waals surface area contributed by atoms with Crippen LogP contribution in [0.25, 0.3) is 0 Å².